The van der Waals surface area contributed by atoms with Crippen LogP contribution in [0.15, 0.2) is 41.2 Å². The lowest BCUT2D eigenvalue weighted by atomic mass is 10.1. The fourth-order valence-corrected chi connectivity index (χ4v) is 3.20. The number of carbonyl (C=O) groups is 1. The summed E-state index contributed by atoms with van der Waals surface area (Å²) >= 11 is 0. The Morgan fingerprint density at radius 3 is 3.12 bits per heavy atom. The topological polar surface area (TPSA) is 97.1 Å². The van der Waals surface area contributed by atoms with Crippen LogP contribution >= 0.6 is 0 Å². The summed E-state index contributed by atoms with van der Waals surface area (Å²) in [7, 11) is 0. The Morgan fingerprint density at radius 1 is 1.42 bits per heavy atom. The van der Waals surface area contributed by atoms with E-state index in [0.717, 1.165) is 12.8 Å². The zero-order valence-electron chi connectivity index (χ0n) is 14.4. The van der Waals surface area contributed by atoms with E-state index in [1.54, 1.807) is 23.4 Å². The molecule has 0 bridgehead atoms. The molecule has 134 valence electrons. The maximum absolute atomic E-state index is 13.1. The molecular formula is C18H19N5O3. The van der Waals surface area contributed by atoms with Gasteiger partial charge in [0.05, 0.1) is 12.2 Å². The number of para-hydroxylation sites is 1. The van der Waals surface area contributed by atoms with Crippen LogP contribution in [-0.2, 0) is 0 Å². The Balaban J connectivity index is 1.60. The Bertz CT molecular complexity index is 890. The molecule has 1 atom stereocenters. The van der Waals surface area contributed by atoms with Crippen molar-refractivity contribution in [2.24, 2.45) is 0 Å². The third kappa shape index (κ3) is 2.94. The summed E-state index contributed by atoms with van der Waals surface area (Å²) in [4.78, 5) is 26.4. The minimum atomic E-state index is -0.242. The highest BCUT2D eigenvalue weighted by Gasteiger charge is 2.35. The zero-order valence-corrected chi connectivity index (χ0v) is 14.4. The fraction of sp³-hybridized carbons (Fsp3) is 0.333. The lowest BCUT2D eigenvalue weighted by Gasteiger charge is -2.23. The molecule has 0 radical (unpaired) electrons. The summed E-state index contributed by atoms with van der Waals surface area (Å²) in [5.74, 6) is 1.86. The quantitative estimate of drug-likeness (QED) is 0.757. The average molecular weight is 353 g/mol. The van der Waals surface area contributed by atoms with Crippen molar-refractivity contribution < 1.29 is 14.1 Å². The van der Waals surface area contributed by atoms with Crippen molar-refractivity contribution in [2.75, 3.05) is 13.2 Å². The molecule has 0 saturated carbocycles. The second kappa shape index (κ2) is 6.99. The molecule has 3 heterocycles. The Hall–Kier alpha value is -3.16. The highest BCUT2D eigenvalue weighted by molar-refractivity contribution is 5.97. The molecule has 1 amide bonds. The molecule has 1 fully saturated rings. The smallest absolute Gasteiger partial charge is 0.258 e. The first kappa shape index (κ1) is 16.3. The second-order valence-electron chi connectivity index (χ2n) is 5.98. The predicted molar refractivity (Wildman–Crippen MR) is 92.5 cm³/mol. The van der Waals surface area contributed by atoms with Crippen molar-refractivity contribution in [3.05, 3.63) is 48.1 Å². The fourth-order valence-electron chi connectivity index (χ4n) is 3.20. The molecule has 0 spiro atoms. The van der Waals surface area contributed by atoms with Crippen LogP contribution in [0.4, 0.5) is 0 Å². The largest absolute Gasteiger partial charge is 0.493 e. The number of rotatable bonds is 5. The number of carbonyl (C=O) groups excluding carboxylic acids is 1. The van der Waals surface area contributed by atoms with Gasteiger partial charge in [0.1, 0.15) is 11.8 Å². The number of hydrogen-bond acceptors (Lipinski definition) is 6. The minimum Gasteiger partial charge on any atom is -0.493 e. The van der Waals surface area contributed by atoms with Crippen LogP contribution in [0.1, 0.15) is 42.1 Å². The lowest BCUT2D eigenvalue weighted by Crippen LogP contribution is -2.31. The lowest BCUT2D eigenvalue weighted by molar-refractivity contribution is 0.0706. The van der Waals surface area contributed by atoms with E-state index in [0.29, 0.717) is 42.0 Å². The van der Waals surface area contributed by atoms with E-state index < -0.39 is 0 Å². The molecule has 8 nitrogen and oxygen atoms in total. The van der Waals surface area contributed by atoms with Crippen LogP contribution in [0.2, 0.25) is 0 Å². The van der Waals surface area contributed by atoms with Crippen LogP contribution < -0.4 is 4.74 Å². The van der Waals surface area contributed by atoms with Crippen LogP contribution in [0.25, 0.3) is 11.6 Å². The Labute approximate surface area is 150 Å². The van der Waals surface area contributed by atoms with Gasteiger partial charge >= 0.3 is 0 Å². The Morgan fingerprint density at radius 2 is 2.31 bits per heavy atom. The molecule has 1 saturated heterocycles. The zero-order chi connectivity index (χ0) is 17.9. The number of nitrogens with one attached hydrogen (secondary N) is 1. The van der Waals surface area contributed by atoms with E-state index in [1.165, 1.54) is 0 Å². The van der Waals surface area contributed by atoms with Gasteiger partial charge in [0, 0.05) is 18.9 Å². The number of likely N-dealkylation sites (tertiary alicyclic amines) is 1. The van der Waals surface area contributed by atoms with Crippen molar-refractivity contribution in [1.29, 1.82) is 0 Å². The number of benzene rings is 1. The minimum absolute atomic E-state index is 0.0886. The monoisotopic (exact) mass is 353 g/mol. The molecule has 1 aliphatic rings. The molecule has 1 aliphatic heterocycles. The van der Waals surface area contributed by atoms with E-state index >= 15 is 0 Å². The van der Waals surface area contributed by atoms with Gasteiger partial charge in [-0.05, 0) is 31.9 Å². The van der Waals surface area contributed by atoms with Gasteiger partial charge in [-0.25, -0.2) is 4.98 Å². The highest BCUT2D eigenvalue weighted by atomic mass is 16.5. The maximum Gasteiger partial charge on any atom is 0.258 e. The summed E-state index contributed by atoms with van der Waals surface area (Å²) in [5.41, 5.74) is 0.548. The molecule has 0 aliphatic carbocycles. The molecule has 2 aromatic heterocycles. The van der Waals surface area contributed by atoms with E-state index in [2.05, 4.69) is 20.1 Å². The van der Waals surface area contributed by atoms with Crippen LogP contribution in [0, 0.1) is 0 Å². The van der Waals surface area contributed by atoms with E-state index in [1.807, 2.05) is 25.1 Å². The maximum atomic E-state index is 13.1. The van der Waals surface area contributed by atoms with Gasteiger partial charge < -0.3 is 19.1 Å². The summed E-state index contributed by atoms with van der Waals surface area (Å²) in [6.45, 7) is 3.04. The first-order valence-electron chi connectivity index (χ1n) is 8.64. The Kier molecular flexibility index (Phi) is 4.39. The second-order valence-corrected chi connectivity index (χ2v) is 5.98. The van der Waals surface area contributed by atoms with Gasteiger partial charge in [0.15, 0.2) is 5.82 Å². The number of aromatic amines is 1. The van der Waals surface area contributed by atoms with E-state index in [4.69, 9.17) is 9.26 Å². The molecule has 3 aromatic rings. The summed E-state index contributed by atoms with van der Waals surface area (Å²) in [5, 5.41) is 3.97. The summed E-state index contributed by atoms with van der Waals surface area (Å²) in [6, 6.07) is 7.04. The van der Waals surface area contributed by atoms with E-state index in [9.17, 15) is 4.79 Å². The van der Waals surface area contributed by atoms with Gasteiger partial charge in [-0.1, -0.05) is 17.3 Å². The van der Waals surface area contributed by atoms with E-state index in [-0.39, 0.29) is 11.9 Å². The average Bonchev–Trinajstić information content (AvgIpc) is 3.41. The normalized spacial score (nSPS) is 16.8. The number of aromatic nitrogens is 4. The summed E-state index contributed by atoms with van der Waals surface area (Å²) in [6.07, 6.45) is 4.98. The van der Waals surface area contributed by atoms with Gasteiger partial charge in [0.25, 0.3) is 5.91 Å². The first-order chi connectivity index (χ1) is 12.8. The van der Waals surface area contributed by atoms with Crippen molar-refractivity contribution >= 4 is 5.91 Å². The third-order valence-corrected chi connectivity index (χ3v) is 4.37. The molecular weight excluding hydrogens is 334 g/mol. The van der Waals surface area contributed by atoms with Crippen molar-refractivity contribution in [3.63, 3.8) is 0 Å². The molecule has 1 aromatic carbocycles. The van der Waals surface area contributed by atoms with Crippen molar-refractivity contribution in [3.8, 4) is 17.4 Å². The molecule has 8 heteroatoms. The van der Waals surface area contributed by atoms with Crippen LogP contribution in [-0.4, -0.2) is 44.1 Å². The van der Waals surface area contributed by atoms with Gasteiger partial charge in [-0.2, -0.15) is 4.98 Å². The third-order valence-electron chi connectivity index (χ3n) is 4.37. The standard InChI is InChI=1S/C18H19N5O3/c1-2-25-14-8-4-3-6-12(14)18(24)23-11-5-7-13(23)17-21-16(22-26-17)15-19-9-10-20-15/h3-4,6,8-10,13H,2,5,7,11H2,1H3,(H,19,20). The molecule has 1 unspecified atom stereocenters. The first-order valence-corrected chi connectivity index (χ1v) is 8.64. The van der Waals surface area contributed by atoms with Crippen molar-refractivity contribution in [2.45, 2.75) is 25.8 Å². The molecule has 26 heavy (non-hydrogen) atoms. The molecule has 4 rings (SSSR count). The predicted octanol–water partition coefficient (Wildman–Crippen LogP) is 2.84. The SMILES string of the molecule is CCOc1ccccc1C(=O)N1CCCC1c1nc(-c2ncc[nH]2)no1. The van der Waals surface area contributed by atoms with Crippen LogP contribution in [0.3, 0.4) is 0 Å². The number of H-pyrrole nitrogens is 1. The van der Waals surface area contributed by atoms with Crippen molar-refractivity contribution in [1.82, 2.24) is 25.0 Å². The number of nitrogens with zero attached hydrogens (tertiary/aromatic N) is 4. The number of imidazole rings is 1. The van der Waals surface area contributed by atoms with Gasteiger partial charge in [-0.3, -0.25) is 4.79 Å². The number of amides is 1. The van der Waals surface area contributed by atoms with Crippen LogP contribution in [0.5, 0.6) is 5.75 Å². The van der Waals surface area contributed by atoms with Gasteiger partial charge in [0.2, 0.25) is 11.7 Å². The van der Waals surface area contributed by atoms with Gasteiger partial charge in [-0.15, -0.1) is 0 Å². The molecule has 1 N–H and O–H groups in total. The highest BCUT2D eigenvalue weighted by Crippen LogP contribution is 2.34. The summed E-state index contributed by atoms with van der Waals surface area (Å²) < 4.78 is 11.0. The number of ether oxygens (including phenoxy) is 1. The number of hydrogen-bond donors (Lipinski definition) is 1.